The topological polar surface area (TPSA) is 48.5 Å². The van der Waals surface area contributed by atoms with Gasteiger partial charge in [0.2, 0.25) is 5.91 Å². The van der Waals surface area contributed by atoms with Gasteiger partial charge in [-0.15, -0.1) is 0 Å². The molecule has 5 heteroatoms. The SMILES string of the molecule is CCCCCCCC(=O)NCc1ccc(N2CCN(C)CC2)nc1. The van der Waals surface area contributed by atoms with E-state index in [-0.39, 0.29) is 5.91 Å². The standard InChI is InChI=1S/C19H32N4O/c1-3-4-5-6-7-8-19(24)21-16-17-9-10-18(20-15-17)23-13-11-22(2)12-14-23/h9-10,15H,3-8,11-14,16H2,1-2H3,(H,21,24). The second kappa shape index (κ2) is 10.3. The third-order valence-electron chi connectivity index (χ3n) is 4.63. The predicted octanol–water partition coefficient (Wildman–Crippen LogP) is 2.81. The summed E-state index contributed by atoms with van der Waals surface area (Å²) >= 11 is 0. The average Bonchev–Trinajstić information content (AvgIpc) is 2.61. The summed E-state index contributed by atoms with van der Waals surface area (Å²) in [6, 6.07) is 4.14. The molecule has 1 fully saturated rings. The van der Waals surface area contributed by atoms with Crippen LogP contribution in [0.4, 0.5) is 5.82 Å². The Bertz CT molecular complexity index is 481. The van der Waals surface area contributed by atoms with Crippen LogP contribution >= 0.6 is 0 Å². The Morgan fingerprint density at radius 2 is 1.88 bits per heavy atom. The highest BCUT2D eigenvalue weighted by Crippen LogP contribution is 2.13. The maximum Gasteiger partial charge on any atom is 0.220 e. The molecule has 0 unspecified atom stereocenters. The summed E-state index contributed by atoms with van der Waals surface area (Å²) in [7, 11) is 2.15. The molecule has 1 aliphatic heterocycles. The molecule has 1 aromatic heterocycles. The minimum absolute atomic E-state index is 0.148. The second-order valence-corrected chi connectivity index (χ2v) is 6.76. The number of likely N-dealkylation sites (N-methyl/N-ethyl adjacent to an activating group) is 1. The Labute approximate surface area is 146 Å². The van der Waals surface area contributed by atoms with Gasteiger partial charge in [0.1, 0.15) is 5.82 Å². The van der Waals surface area contributed by atoms with Crippen LogP contribution in [0.3, 0.4) is 0 Å². The van der Waals surface area contributed by atoms with Crippen molar-refractivity contribution in [2.24, 2.45) is 0 Å². The zero-order valence-electron chi connectivity index (χ0n) is 15.3. The summed E-state index contributed by atoms with van der Waals surface area (Å²) in [6.07, 6.45) is 8.42. The van der Waals surface area contributed by atoms with E-state index in [1.54, 1.807) is 0 Å². The fourth-order valence-electron chi connectivity index (χ4n) is 2.92. The van der Waals surface area contributed by atoms with Crippen LogP contribution in [0.5, 0.6) is 0 Å². The minimum atomic E-state index is 0.148. The van der Waals surface area contributed by atoms with E-state index in [1.807, 2.05) is 6.20 Å². The van der Waals surface area contributed by atoms with Crippen molar-refractivity contribution in [3.05, 3.63) is 23.9 Å². The van der Waals surface area contributed by atoms with Crippen molar-refractivity contribution in [1.82, 2.24) is 15.2 Å². The zero-order chi connectivity index (χ0) is 17.2. The Hall–Kier alpha value is -1.62. The molecule has 5 nitrogen and oxygen atoms in total. The summed E-state index contributed by atoms with van der Waals surface area (Å²) in [5, 5.41) is 3.00. The quantitative estimate of drug-likeness (QED) is 0.707. The van der Waals surface area contributed by atoms with E-state index in [9.17, 15) is 4.79 Å². The fourth-order valence-corrected chi connectivity index (χ4v) is 2.92. The van der Waals surface area contributed by atoms with Gasteiger partial charge in [0.15, 0.2) is 0 Å². The van der Waals surface area contributed by atoms with Crippen molar-refractivity contribution < 1.29 is 4.79 Å². The molecule has 0 atom stereocenters. The lowest BCUT2D eigenvalue weighted by atomic mass is 10.1. The molecule has 0 radical (unpaired) electrons. The summed E-state index contributed by atoms with van der Waals surface area (Å²) < 4.78 is 0. The smallest absolute Gasteiger partial charge is 0.220 e. The number of piperazine rings is 1. The number of rotatable bonds is 9. The van der Waals surface area contributed by atoms with Gasteiger partial charge in [0, 0.05) is 45.3 Å². The number of hydrogen-bond donors (Lipinski definition) is 1. The molecule has 2 rings (SSSR count). The van der Waals surface area contributed by atoms with Crippen LogP contribution in [0.15, 0.2) is 18.3 Å². The number of amides is 1. The van der Waals surface area contributed by atoms with Gasteiger partial charge in [-0.05, 0) is 25.1 Å². The molecular formula is C19H32N4O. The van der Waals surface area contributed by atoms with E-state index in [2.05, 4.69) is 46.2 Å². The Morgan fingerprint density at radius 1 is 1.12 bits per heavy atom. The molecule has 0 aliphatic carbocycles. The second-order valence-electron chi connectivity index (χ2n) is 6.76. The first-order valence-corrected chi connectivity index (χ1v) is 9.34. The lowest BCUT2D eigenvalue weighted by Crippen LogP contribution is -2.44. The number of aromatic nitrogens is 1. The summed E-state index contributed by atoms with van der Waals surface area (Å²) in [6.45, 7) is 6.99. The Balaban J connectivity index is 1.67. The number of unbranched alkanes of at least 4 members (excludes halogenated alkanes) is 4. The van der Waals surface area contributed by atoms with E-state index in [1.165, 1.54) is 19.3 Å². The average molecular weight is 332 g/mol. The molecular weight excluding hydrogens is 300 g/mol. The minimum Gasteiger partial charge on any atom is -0.354 e. The highest BCUT2D eigenvalue weighted by molar-refractivity contribution is 5.75. The molecule has 0 spiro atoms. The van der Waals surface area contributed by atoms with Gasteiger partial charge < -0.3 is 15.1 Å². The van der Waals surface area contributed by atoms with Gasteiger partial charge in [-0.2, -0.15) is 0 Å². The first-order chi connectivity index (χ1) is 11.7. The van der Waals surface area contributed by atoms with Crippen molar-refractivity contribution in [2.75, 3.05) is 38.1 Å². The number of hydrogen-bond acceptors (Lipinski definition) is 4. The number of carbonyl (C=O) groups excluding carboxylic acids is 1. The van der Waals surface area contributed by atoms with E-state index in [0.717, 1.165) is 50.4 Å². The number of anilines is 1. The molecule has 1 amide bonds. The summed E-state index contributed by atoms with van der Waals surface area (Å²) in [5.41, 5.74) is 1.06. The highest BCUT2D eigenvalue weighted by atomic mass is 16.1. The van der Waals surface area contributed by atoms with Crippen LogP contribution in [0.25, 0.3) is 0 Å². The molecule has 134 valence electrons. The van der Waals surface area contributed by atoms with Crippen molar-refractivity contribution in [3.63, 3.8) is 0 Å². The van der Waals surface area contributed by atoms with Gasteiger partial charge in [-0.25, -0.2) is 4.98 Å². The molecule has 0 aromatic carbocycles. The van der Waals surface area contributed by atoms with Crippen LogP contribution < -0.4 is 10.2 Å². The van der Waals surface area contributed by atoms with Gasteiger partial charge in [0.05, 0.1) is 0 Å². The number of nitrogens with zero attached hydrogens (tertiary/aromatic N) is 3. The maximum atomic E-state index is 11.8. The first-order valence-electron chi connectivity index (χ1n) is 9.34. The molecule has 2 heterocycles. The normalized spacial score (nSPS) is 15.5. The summed E-state index contributed by atoms with van der Waals surface area (Å²) in [4.78, 5) is 21.1. The Morgan fingerprint density at radius 3 is 2.54 bits per heavy atom. The number of pyridine rings is 1. The molecule has 1 saturated heterocycles. The van der Waals surface area contributed by atoms with Crippen LogP contribution in [-0.2, 0) is 11.3 Å². The monoisotopic (exact) mass is 332 g/mol. The van der Waals surface area contributed by atoms with E-state index in [4.69, 9.17) is 0 Å². The molecule has 1 aromatic rings. The van der Waals surface area contributed by atoms with Crippen molar-refractivity contribution >= 4 is 11.7 Å². The molecule has 0 bridgehead atoms. The summed E-state index contributed by atoms with van der Waals surface area (Å²) in [5.74, 6) is 1.18. The lowest BCUT2D eigenvalue weighted by molar-refractivity contribution is -0.121. The molecule has 24 heavy (non-hydrogen) atoms. The lowest BCUT2D eigenvalue weighted by Gasteiger charge is -2.33. The third kappa shape index (κ3) is 6.48. The van der Waals surface area contributed by atoms with Crippen LogP contribution in [0, 0.1) is 0 Å². The van der Waals surface area contributed by atoms with Gasteiger partial charge in [-0.3, -0.25) is 4.79 Å². The van der Waals surface area contributed by atoms with Crippen molar-refractivity contribution in [3.8, 4) is 0 Å². The predicted molar refractivity (Wildman–Crippen MR) is 99.2 cm³/mol. The zero-order valence-corrected chi connectivity index (χ0v) is 15.3. The van der Waals surface area contributed by atoms with Crippen molar-refractivity contribution in [1.29, 1.82) is 0 Å². The fraction of sp³-hybridized carbons (Fsp3) is 0.684. The number of nitrogens with one attached hydrogen (secondary N) is 1. The van der Waals surface area contributed by atoms with Gasteiger partial charge in [0.25, 0.3) is 0 Å². The van der Waals surface area contributed by atoms with E-state index >= 15 is 0 Å². The maximum absolute atomic E-state index is 11.8. The molecule has 1 N–H and O–H groups in total. The first kappa shape index (κ1) is 18.7. The largest absolute Gasteiger partial charge is 0.354 e. The van der Waals surface area contributed by atoms with Gasteiger partial charge in [-0.1, -0.05) is 38.7 Å². The molecule has 1 aliphatic rings. The van der Waals surface area contributed by atoms with E-state index < -0.39 is 0 Å². The van der Waals surface area contributed by atoms with Crippen LogP contribution in [-0.4, -0.2) is 49.0 Å². The van der Waals surface area contributed by atoms with Gasteiger partial charge >= 0.3 is 0 Å². The third-order valence-corrected chi connectivity index (χ3v) is 4.63. The van der Waals surface area contributed by atoms with Crippen LogP contribution in [0.2, 0.25) is 0 Å². The molecule has 0 saturated carbocycles. The Kier molecular flexibility index (Phi) is 8.02. The van der Waals surface area contributed by atoms with Crippen molar-refractivity contribution in [2.45, 2.75) is 52.0 Å². The highest BCUT2D eigenvalue weighted by Gasteiger charge is 2.14. The van der Waals surface area contributed by atoms with Crippen LogP contribution in [0.1, 0.15) is 51.0 Å². The van der Waals surface area contributed by atoms with E-state index in [0.29, 0.717) is 13.0 Å². The number of carbonyl (C=O) groups is 1.